The maximum absolute atomic E-state index is 11.0. The van der Waals surface area contributed by atoms with E-state index in [1.807, 2.05) is 24.3 Å². The minimum atomic E-state index is -2.88. The van der Waals surface area contributed by atoms with Crippen molar-refractivity contribution in [3.8, 4) is 5.75 Å². The van der Waals surface area contributed by atoms with E-state index in [-0.39, 0.29) is 5.75 Å². The average Bonchev–Trinajstić information content (AvgIpc) is 3.16. The summed E-state index contributed by atoms with van der Waals surface area (Å²) >= 11 is 0. The Balaban J connectivity index is 1.68. The van der Waals surface area contributed by atoms with E-state index < -0.39 is 9.84 Å². The minimum Gasteiger partial charge on any atom is -0.494 e. The zero-order chi connectivity index (χ0) is 13.7. The Morgan fingerprint density at radius 1 is 1.26 bits per heavy atom. The van der Waals surface area contributed by atoms with Crippen molar-refractivity contribution in [1.82, 2.24) is 5.32 Å². The molecule has 106 valence electrons. The molecule has 1 aliphatic rings. The Bertz CT molecular complexity index is 492. The largest absolute Gasteiger partial charge is 0.494 e. The molecule has 0 aromatic heterocycles. The van der Waals surface area contributed by atoms with E-state index in [0.717, 1.165) is 12.3 Å². The number of ether oxygens (including phenoxy) is 1. The van der Waals surface area contributed by atoms with E-state index >= 15 is 0 Å². The van der Waals surface area contributed by atoms with Crippen molar-refractivity contribution in [3.05, 3.63) is 29.8 Å². The number of rotatable bonds is 8. The fourth-order valence-corrected chi connectivity index (χ4v) is 2.41. The van der Waals surface area contributed by atoms with Gasteiger partial charge in [-0.2, -0.15) is 0 Å². The van der Waals surface area contributed by atoms with Crippen LogP contribution in [0.3, 0.4) is 0 Å². The maximum atomic E-state index is 11.0. The Morgan fingerprint density at radius 2 is 1.95 bits per heavy atom. The summed E-state index contributed by atoms with van der Waals surface area (Å²) in [6.07, 6.45) is 4.36. The highest BCUT2D eigenvalue weighted by atomic mass is 32.2. The van der Waals surface area contributed by atoms with Crippen molar-refractivity contribution >= 4 is 9.84 Å². The molecule has 1 aromatic rings. The normalized spacial score (nSPS) is 15.4. The predicted octanol–water partition coefficient (Wildman–Crippen LogP) is 1.75. The van der Waals surface area contributed by atoms with Crippen molar-refractivity contribution in [3.63, 3.8) is 0 Å². The van der Waals surface area contributed by atoms with E-state index in [2.05, 4.69) is 5.32 Å². The third kappa shape index (κ3) is 6.07. The molecule has 0 unspecified atom stereocenters. The van der Waals surface area contributed by atoms with Crippen LogP contribution >= 0.6 is 0 Å². The summed E-state index contributed by atoms with van der Waals surface area (Å²) in [5.74, 6) is 0.972. The van der Waals surface area contributed by atoms with Crippen LogP contribution in [-0.2, 0) is 16.4 Å². The molecule has 1 N–H and O–H groups in total. The van der Waals surface area contributed by atoms with Gasteiger partial charge in [0, 0.05) is 18.8 Å². The summed E-state index contributed by atoms with van der Waals surface area (Å²) in [4.78, 5) is 0. The Hall–Kier alpha value is -1.07. The van der Waals surface area contributed by atoms with Gasteiger partial charge in [0.05, 0.1) is 12.4 Å². The van der Waals surface area contributed by atoms with Crippen LogP contribution in [0.5, 0.6) is 5.75 Å². The first-order chi connectivity index (χ1) is 9.03. The molecule has 0 bridgehead atoms. The van der Waals surface area contributed by atoms with Crippen molar-refractivity contribution in [2.45, 2.75) is 31.8 Å². The second-order valence-electron chi connectivity index (χ2n) is 5.13. The molecule has 5 heteroatoms. The van der Waals surface area contributed by atoms with Gasteiger partial charge in [0.15, 0.2) is 0 Å². The van der Waals surface area contributed by atoms with Gasteiger partial charge in [-0.1, -0.05) is 12.1 Å². The molecular weight excluding hydrogens is 262 g/mol. The van der Waals surface area contributed by atoms with Crippen LogP contribution in [0.25, 0.3) is 0 Å². The molecule has 1 aromatic carbocycles. The van der Waals surface area contributed by atoms with E-state index in [9.17, 15) is 8.42 Å². The lowest BCUT2D eigenvalue weighted by molar-refractivity contribution is 0.317. The van der Waals surface area contributed by atoms with Gasteiger partial charge < -0.3 is 10.1 Å². The topological polar surface area (TPSA) is 55.4 Å². The molecular formula is C14H21NO3S. The second-order valence-corrected chi connectivity index (χ2v) is 7.39. The summed E-state index contributed by atoms with van der Waals surface area (Å²) in [7, 11) is -2.88. The lowest BCUT2D eigenvalue weighted by Gasteiger charge is -2.07. The molecule has 2 rings (SSSR count). The fourth-order valence-electron chi connectivity index (χ4n) is 1.76. The lowest BCUT2D eigenvalue weighted by atomic mass is 10.2. The fraction of sp³-hybridized carbons (Fsp3) is 0.571. The molecule has 1 saturated carbocycles. The molecule has 0 radical (unpaired) electrons. The average molecular weight is 283 g/mol. The zero-order valence-electron chi connectivity index (χ0n) is 11.3. The van der Waals surface area contributed by atoms with Crippen molar-refractivity contribution < 1.29 is 13.2 Å². The first-order valence-electron chi connectivity index (χ1n) is 6.66. The second kappa shape index (κ2) is 6.39. The van der Waals surface area contributed by atoms with Crippen LogP contribution < -0.4 is 10.1 Å². The molecule has 0 saturated heterocycles. The standard InChI is InChI=1S/C14H21NO3S/c1-19(16,17)10-2-9-18-14-7-3-12(4-8-14)11-15-13-5-6-13/h3-4,7-8,13,15H,2,5-6,9-11H2,1H3. The molecule has 0 aliphatic heterocycles. The highest BCUT2D eigenvalue weighted by Gasteiger charge is 2.19. The van der Waals surface area contributed by atoms with Crippen LogP contribution in [0.2, 0.25) is 0 Å². The quantitative estimate of drug-likeness (QED) is 0.739. The summed E-state index contributed by atoms with van der Waals surface area (Å²) in [5, 5.41) is 3.45. The Morgan fingerprint density at radius 3 is 2.53 bits per heavy atom. The van der Waals surface area contributed by atoms with Crippen molar-refractivity contribution in [1.29, 1.82) is 0 Å². The monoisotopic (exact) mass is 283 g/mol. The summed E-state index contributed by atoms with van der Waals surface area (Å²) < 4.78 is 27.4. The summed E-state index contributed by atoms with van der Waals surface area (Å²) in [5.41, 5.74) is 1.25. The van der Waals surface area contributed by atoms with Gasteiger partial charge in [0.25, 0.3) is 0 Å². The molecule has 0 atom stereocenters. The summed E-state index contributed by atoms with van der Waals surface area (Å²) in [6, 6.07) is 8.67. The van der Waals surface area contributed by atoms with Crippen LogP contribution in [-0.4, -0.2) is 33.1 Å². The van der Waals surface area contributed by atoms with Gasteiger partial charge in [-0.3, -0.25) is 0 Å². The molecule has 19 heavy (non-hydrogen) atoms. The predicted molar refractivity (Wildman–Crippen MR) is 76.1 cm³/mol. The third-order valence-corrected chi connectivity index (χ3v) is 4.05. The van der Waals surface area contributed by atoms with Gasteiger partial charge >= 0.3 is 0 Å². The number of benzene rings is 1. The molecule has 0 heterocycles. The van der Waals surface area contributed by atoms with Crippen molar-refractivity contribution in [2.75, 3.05) is 18.6 Å². The SMILES string of the molecule is CS(=O)(=O)CCCOc1ccc(CNC2CC2)cc1. The molecule has 0 spiro atoms. The third-order valence-electron chi connectivity index (χ3n) is 3.02. The molecule has 1 fully saturated rings. The Labute approximate surface area is 115 Å². The maximum Gasteiger partial charge on any atom is 0.147 e. The van der Waals surface area contributed by atoms with Crippen LogP contribution in [0.4, 0.5) is 0 Å². The molecule has 4 nitrogen and oxygen atoms in total. The number of sulfone groups is 1. The van der Waals surface area contributed by atoms with E-state index in [4.69, 9.17) is 4.74 Å². The van der Waals surface area contributed by atoms with E-state index in [0.29, 0.717) is 19.1 Å². The van der Waals surface area contributed by atoms with E-state index in [1.165, 1.54) is 24.7 Å². The highest BCUT2D eigenvalue weighted by Crippen LogP contribution is 2.20. The smallest absolute Gasteiger partial charge is 0.147 e. The molecule has 0 amide bonds. The Kier molecular flexibility index (Phi) is 4.82. The number of hydrogen-bond acceptors (Lipinski definition) is 4. The highest BCUT2D eigenvalue weighted by molar-refractivity contribution is 7.90. The van der Waals surface area contributed by atoms with Gasteiger partial charge in [-0.15, -0.1) is 0 Å². The van der Waals surface area contributed by atoms with Crippen LogP contribution in [0.1, 0.15) is 24.8 Å². The number of hydrogen-bond donors (Lipinski definition) is 1. The van der Waals surface area contributed by atoms with Crippen LogP contribution in [0, 0.1) is 0 Å². The minimum absolute atomic E-state index is 0.177. The summed E-state index contributed by atoms with van der Waals surface area (Å²) in [6.45, 7) is 1.34. The van der Waals surface area contributed by atoms with Crippen molar-refractivity contribution in [2.24, 2.45) is 0 Å². The van der Waals surface area contributed by atoms with Gasteiger partial charge in [0.1, 0.15) is 15.6 Å². The lowest BCUT2D eigenvalue weighted by Crippen LogP contribution is -2.15. The number of nitrogens with one attached hydrogen (secondary N) is 1. The van der Waals surface area contributed by atoms with Crippen LogP contribution in [0.15, 0.2) is 24.3 Å². The van der Waals surface area contributed by atoms with Gasteiger partial charge in [-0.05, 0) is 37.0 Å². The first-order valence-corrected chi connectivity index (χ1v) is 8.72. The van der Waals surface area contributed by atoms with Gasteiger partial charge in [-0.25, -0.2) is 8.42 Å². The molecule has 1 aliphatic carbocycles. The zero-order valence-corrected chi connectivity index (χ0v) is 12.1. The van der Waals surface area contributed by atoms with Gasteiger partial charge in [0.2, 0.25) is 0 Å². The first kappa shape index (κ1) is 14.3. The van der Waals surface area contributed by atoms with E-state index in [1.54, 1.807) is 0 Å².